The van der Waals surface area contributed by atoms with Gasteiger partial charge in [-0.2, -0.15) is 13.2 Å². The quantitative estimate of drug-likeness (QED) is 0.703. The molecule has 3 rings (SSSR count). The number of rotatable bonds is 5. The summed E-state index contributed by atoms with van der Waals surface area (Å²) in [6.07, 6.45) is -3.60. The highest BCUT2D eigenvalue weighted by atomic mass is 32.2. The number of aromatic nitrogens is 1. The summed E-state index contributed by atoms with van der Waals surface area (Å²) in [6.45, 7) is 5.91. The molecule has 1 aromatic heterocycles. The Balaban J connectivity index is 1.44. The van der Waals surface area contributed by atoms with Crippen LogP contribution in [0.4, 0.5) is 13.2 Å². The molecule has 0 saturated carbocycles. The average molecular weight is 409 g/mol. The first kappa shape index (κ1) is 20.7. The summed E-state index contributed by atoms with van der Waals surface area (Å²) in [5, 5.41) is 0.416. The molecule has 150 valence electrons. The number of hydrogen-bond acceptors (Lipinski definition) is 4. The minimum Gasteiger partial charge on any atom is -0.339 e. The normalized spacial score (nSPS) is 15.6. The van der Waals surface area contributed by atoms with Crippen molar-refractivity contribution in [3.63, 3.8) is 0 Å². The number of piperazine rings is 1. The number of thioether (sulfide) groups is 1. The lowest BCUT2D eigenvalue weighted by atomic mass is 10.1. The largest absolute Gasteiger partial charge is 0.417 e. The molecule has 0 aliphatic carbocycles. The summed E-state index contributed by atoms with van der Waals surface area (Å²) in [5.74, 6) is 0.165. The van der Waals surface area contributed by atoms with Crippen molar-refractivity contribution in [2.45, 2.75) is 24.7 Å². The molecule has 0 N–H and O–H groups in total. The van der Waals surface area contributed by atoms with Gasteiger partial charge in [0.2, 0.25) is 5.91 Å². The number of alkyl halides is 3. The van der Waals surface area contributed by atoms with Gasteiger partial charge in [0.25, 0.3) is 0 Å². The Labute approximate surface area is 166 Å². The van der Waals surface area contributed by atoms with Gasteiger partial charge in [-0.3, -0.25) is 9.69 Å². The summed E-state index contributed by atoms with van der Waals surface area (Å²) < 4.78 is 37.7. The SMILES string of the molecule is Cc1ccccc1CN1CCN(C(=O)CSc2ccc(C(F)(F)F)cn2)CC1. The number of benzene rings is 1. The summed E-state index contributed by atoms with van der Waals surface area (Å²) in [6, 6.07) is 10.6. The molecule has 0 atom stereocenters. The second kappa shape index (κ2) is 8.96. The van der Waals surface area contributed by atoms with Crippen LogP contribution in [0, 0.1) is 6.92 Å². The lowest BCUT2D eigenvalue weighted by Crippen LogP contribution is -2.48. The van der Waals surface area contributed by atoms with E-state index in [2.05, 4.69) is 28.9 Å². The van der Waals surface area contributed by atoms with Crippen LogP contribution in [0.25, 0.3) is 0 Å². The number of halogens is 3. The summed E-state index contributed by atoms with van der Waals surface area (Å²) in [7, 11) is 0. The molecule has 8 heteroatoms. The maximum atomic E-state index is 12.6. The molecule has 1 amide bonds. The molecule has 4 nitrogen and oxygen atoms in total. The van der Waals surface area contributed by atoms with E-state index < -0.39 is 11.7 Å². The van der Waals surface area contributed by atoms with Gasteiger partial charge < -0.3 is 4.90 Å². The number of carbonyl (C=O) groups excluding carboxylic acids is 1. The van der Waals surface area contributed by atoms with Gasteiger partial charge in [-0.25, -0.2) is 4.98 Å². The van der Waals surface area contributed by atoms with Crippen LogP contribution in [0.5, 0.6) is 0 Å². The molecule has 1 fully saturated rings. The van der Waals surface area contributed by atoms with Crippen LogP contribution in [0.2, 0.25) is 0 Å². The topological polar surface area (TPSA) is 36.4 Å². The van der Waals surface area contributed by atoms with Crippen LogP contribution >= 0.6 is 11.8 Å². The average Bonchev–Trinajstić information content (AvgIpc) is 2.68. The van der Waals surface area contributed by atoms with Crippen molar-refractivity contribution in [1.82, 2.24) is 14.8 Å². The molecule has 1 saturated heterocycles. The van der Waals surface area contributed by atoms with Gasteiger partial charge in [-0.05, 0) is 30.2 Å². The highest BCUT2D eigenvalue weighted by molar-refractivity contribution is 7.99. The molecule has 0 spiro atoms. The van der Waals surface area contributed by atoms with Crippen LogP contribution in [0.3, 0.4) is 0 Å². The highest BCUT2D eigenvalue weighted by Gasteiger charge is 2.30. The van der Waals surface area contributed by atoms with Crippen LogP contribution in [0.1, 0.15) is 16.7 Å². The van der Waals surface area contributed by atoms with Crippen LogP contribution < -0.4 is 0 Å². The third-order valence-corrected chi connectivity index (χ3v) is 5.72. The third-order valence-electron chi connectivity index (χ3n) is 4.79. The fourth-order valence-electron chi connectivity index (χ4n) is 3.04. The van der Waals surface area contributed by atoms with Crippen molar-refractivity contribution >= 4 is 17.7 Å². The number of aryl methyl sites for hydroxylation is 1. The van der Waals surface area contributed by atoms with Crippen molar-refractivity contribution in [2.24, 2.45) is 0 Å². The van der Waals surface area contributed by atoms with Crippen molar-refractivity contribution in [1.29, 1.82) is 0 Å². The van der Waals surface area contributed by atoms with Crippen molar-refractivity contribution < 1.29 is 18.0 Å². The van der Waals surface area contributed by atoms with Gasteiger partial charge in [0.1, 0.15) is 0 Å². The van der Waals surface area contributed by atoms with Crippen molar-refractivity contribution in [3.05, 3.63) is 59.3 Å². The van der Waals surface area contributed by atoms with Gasteiger partial charge in [0, 0.05) is 38.9 Å². The molecule has 1 aliphatic heterocycles. The standard InChI is InChI=1S/C20H22F3N3OS/c1-15-4-2-3-5-16(15)13-25-8-10-26(11-9-25)19(27)14-28-18-7-6-17(12-24-18)20(21,22)23/h2-7,12H,8-11,13-14H2,1H3. The zero-order chi connectivity index (χ0) is 20.1. The van der Waals surface area contributed by atoms with Gasteiger partial charge >= 0.3 is 6.18 Å². The Hall–Kier alpha value is -2.06. The lowest BCUT2D eigenvalue weighted by Gasteiger charge is -2.35. The molecule has 28 heavy (non-hydrogen) atoms. The van der Waals surface area contributed by atoms with E-state index in [1.807, 2.05) is 17.0 Å². The Morgan fingerprint density at radius 2 is 1.82 bits per heavy atom. The van der Waals surface area contributed by atoms with Crippen molar-refractivity contribution in [3.8, 4) is 0 Å². The molecule has 1 aliphatic rings. The van der Waals surface area contributed by atoms with Crippen LogP contribution in [-0.2, 0) is 17.5 Å². The maximum absolute atomic E-state index is 12.6. The summed E-state index contributed by atoms with van der Waals surface area (Å²) in [4.78, 5) is 20.3. The molecule has 1 aromatic carbocycles. The lowest BCUT2D eigenvalue weighted by molar-refractivity contribution is -0.138. The Bertz CT molecular complexity index is 803. The summed E-state index contributed by atoms with van der Waals surface area (Å²) in [5.41, 5.74) is 1.78. The minimum atomic E-state index is -4.40. The molecule has 0 unspecified atom stereocenters. The first-order valence-electron chi connectivity index (χ1n) is 9.03. The number of nitrogens with zero attached hydrogens (tertiary/aromatic N) is 3. The minimum absolute atomic E-state index is 0.0118. The number of amides is 1. The van der Waals surface area contributed by atoms with E-state index in [4.69, 9.17) is 0 Å². The van der Waals surface area contributed by atoms with Crippen molar-refractivity contribution in [2.75, 3.05) is 31.9 Å². The fraction of sp³-hybridized carbons (Fsp3) is 0.400. The van der Waals surface area contributed by atoms with E-state index in [0.29, 0.717) is 18.1 Å². The monoisotopic (exact) mass is 409 g/mol. The Morgan fingerprint density at radius 1 is 1.11 bits per heavy atom. The Morgan fingerprint density at radius 3 is 2.43 bits per heavy atom. The molecule has 2 heterocycles. The maximum Gasteiger partial charge on any atom is 0.417 e. The van der Waals surface area contributed by atoms with E-state index in [1.54, 1.807) is 0 Å². The smallest absolute Gasteiger partial charge is 0.339 e. The van der Waals surface area contributed by atoms with Crippen LogP contribution in [0.15, 0.2) is 47.6 Å². The molecular weight excluding hydrogens is 387 g/mol. The van der Waals surface area contributed by atoms with Gasteiger partial charge in [0.15, 0.2) is 0 Å². The van der Waals surface area contributed by atoms with E-state index in [-0.39, 0.29) is 11.7 Å². The number of pyridine rings is 1. The highest BCUT2D eigenvalue weighted by Crippen LogP contribution is 2.29. The predicted octanol–water partition coefficient (Wildman–Crippen LogP) is 3.85. The molecule has 0 radical (unpaired) electrons. The Kier molecular flexibility index (Phi) is 6.61. The first-order valence-corrected chi connectivity index (χ1v) is 10.0. The molecular formula is C20H22F3N3OS. The van der Waals surface area contributed by atoms with Gasteiger partial charge in [0.05, 0.1) is 16.3 Å². The molecule has 0 bridgehead atoms. The van der Waals surface area contributed by atoms with E-state index in [0.717, 1.165) is 43.7 Å². The molecule has 2 aromatic rings. The first-order chi connectivity index (χ1) is 13.3. The second-order valence-corrected chi connectivity index (χ2v) is 7.75. The van der Waals surface area contributed by atoms with E-state index in [1.165, 1.54) is 17.2 Å². The summed E-state index contributed by atoms with van der Waals surface area (Å²) >= 11 is 1.16. The zero-order valence-corrected chi connectivity index (χ0v) is 16.4. The third kappa shape index (κ3) is 5.48. The van der Waals surface area contributed by atoms with Gasteiger partial charge in [-0.1, -0.05) is 36.0 Å². The van der Waals surface area contributed by atoms with E-state index in [9.17, 15) is 18.0 Å². The number of hydrogen-bond donors (Lipinski definition) is 0. The second-order valence-electron chi connectivity index (χ2n) is 6.75. The predicted molar refractivity (Wildman–Crippen MR) is 103 cm³/mol. The van der Waals surface area contributed by atoms with E-state index >= 15 is 0 Å². The van der Waals surface area contributed by atoms with Gasteiger partial charge in [-0.15, -0.1) is 0 Å². The zero-order valence-electron chi connectivity index (χ0n) is 15.6. The number of carbonyl (C=O) groups is 1. The van der Waals surface area contributed by atoms with Crippen LogP contribution in [-0.4, -0.2) is 52.6 Å². The fourth-order valence-corrected chi connectivity index (χ4v) is 3.79.